The standard InChI is InChI=1S/C60H95NO32/c1-65-22-30-36-42(70-6)48(76-12)56(83-30)88-35-29(21-62)82-55(47(75-11)41(35)69-5)93-40-34(26-81-61-53(63)27-19-17-18-20-28(27)54(61)64)87-60(52(80-16)46(40)74-10)92-39-33(25-68-4)86-59(51(79-15)45(39)73-9)91-38-32(24-67-3)85-58(50(78-14)44(38)72-8)90-37-31(23-66-2)84-57(89-36)49(77-13)43(37)71-7/h17-20,29-52,55-60,62H,21-26H2,1-16H3/t29-,30-,31-,32-,33-,34-,35-,36-,37-,38-,39-,40-,41+,42+,43+,44+,45+,46+,47-,48-,49-,50-,51-,52-,55-,56-,57-,58-,59-,60-/m1/s1. The maximum absolute atomic E-state index is 13.8. The molecular formula is C60H95NO32. The van der Waals surface area contributed by atoms with Gasteiger partial charge in [-0.3, -0.25) is 14.4 Å². The first kappa shape index (κ1) is 74.4. The number of fused-ring (bicyclic) bond motifs is 1. The minimum atomic E-state index is -1.44. The van der Waals surface area contributed by atoms with Crippen LogP contribution < -0.4 is 0 Å². The van der Waals surface area contributed by atoms with E-state index in [-0.39, 0.29) is 37.6 Å². The Morgan fingerprint density at radius 1 is 0.301 bits per heavy atom. The smallest absolute Gasteiger partial charge is 0.285 e. The lowest BCUT2D eigenvalue weighted by Gasteiger charge is -2.53. The van der Waals surface area contributed by atoms with E-state index in [0.29, 0.717) is 5.06 Å². The van der Waals surface area contributed by atoms with Gasteiger partial charge in [0.25, 0.3) is 11.8 Å². The molecule has 12 bridgehead atoms. The molecule has 33 heteroatoms. The number of hydrogen-bond acceptors (Lipinski definition) is 32. The monoisotopic (exact) mass is 1340 g/mol. The third kappa shape index (κ3) is 15.2. The van der Waals surface area contributed by atoms with Crippen LogP contribution in [0.4, 0.5) is 0 Å². The molecule has 33 nitrogen and oxygen atoms in total. The highest BCUT2D eigenvalue weighted by molar-refractivity contribution is 6.20. The maximum atomic E-state index is 13.8. The summed E-state index contributed by atoms with van der Waals surface area (Å²) < 4.78 is 180. The Bertz CT molecular complexity index is 2410. The Morgan fingerprint density at radius 2 is 0.505 bits per heavy atom. The summed E-state index contributed by atoms with van der Waals surface area (Å²) in [5.41, 5.74) is 0.254. The van der Waals surface area contributed by atoms with Gasteiger partial charge in [0.2, 0.25) is 0 Å². The van der Waals surface area contributed by atoms with Gasteiger partial charge in [0.15, 0.2) is 37.7 Å². The fraction of sp³-hybridized carbons (Fsp3) is 0.867. The van der Waals surface area contributed by atoms with Crippen molar-refractivity contribution in [2.75, 3.05) is 153 Å². The van der Waals surface area contributed by atoms with Crippen molar-refractivity contribution in [1.82, 2.24) is 5.06 Å². The summed E-state index contributed by atoms with van der Waals surface area (Å²) in [6.45, 7) is -1.52. The van der Waals surface area contributed by atoms with Crippen molar-refractivity contribution in [1.29, 1.82) is 0 Å². The average molecular weight is 1340 g/mol. The number of benzene rings is 1. The Hall–Kier alpha value is -2.84. The number of ether oxygens (including phenoxy) is 28. The highest BCUT2D eigenvalue weighted by atomic mass is 16.8. The van der Waals surface area contributed by atoms with Crippen LogP contribution in [0.25, 0.3) is 0 Å². The number of imide groups is 1. The lowest BCUT2D eigenvalue weighted by atomic mass is 9.94. The van der Waals surface area contributed by atoms with Crippen molar-refractivity contribution in [3.63, 3.8) is 0 Å². The molecule has 93 heavy (non-hydrogen) atoms. The number of nitrogens with zero attached hydrogens (tertiary/aromatic N) is 1. The third-order valence-corrected chi connectivity index (χ3v) is 18.2. The van der Waals surface area contributed by atoms with Gasteiger partial charge in [0.05, 0.1) is 44.2 Å². The summed E-state index contributed by atoms with van der Waals surface area (Å²) in [5, 5.41) is 12.0. The van der Waals surface area contributed by atoms with Crippen molar-refractivity contribution in [3.05, 3.63) is 35.4 Å². The molecule has 23 aliphatic heterocycles. The fourth-order valence-electron chi connectivity index (χ4n) is 13.8. The van der Waals surface area contributed by atoms with E-state index in [1.165, 1.54) is 126 Å². The number of rotatable bonds is 24. The molecule has 1 aromatic rings. The summed E-state index contributed by atoms with van der Waals surface area (Å²) in [6.07, 6.45) is -34.0. The number of methoxy groups -OCH3 is 16. The number of amides is 2. The van der Waals surface area contributed by atoms with E-state index < -0.39 is 209 Å². The summed E-state index contributed by atoms with van der Waals surface area (Å²) >= 11 is 0. The van der Waals surface area contributed by atoms with Crippen LogP contribution in [-0.2, 0) is 137 Å². The van der Waals surface area contributed by atoms with Gasteiger partial charge in [-0.05, 0) is 12.1 Å². The highest BCUT2D eigenvalue weighted by Gasteiger charge is 2.61. The average Bonchev–Trinajstić information content (AvgIpc) is 1.33. The highest BCUT2D eigenvalue weighted by Crippen LogP contribution is 2.42. The quantitative estimate of drug-likeness (QED) is 0.117. The zero-order valence-electron chi connectivity index (χ0n) is 55.4. The molecule has 0 radical (unpaired) electrons. The molecular weight excluding hydrogens is 1250 g/mol. The second-order valence-corrected chi connectivity index (χ2v) is 23.0. The summed E-state index contributed by atoms with van der Waals surface area (Å²) in [7, 11) is 23.4. The van der Waals surface area contributed by atoms with E-state index in [1.807, 2.05) is 0 Å². The van der Waals surface area contributed by atoms with Gasteiger partial charge >= 0.3 is 0 Å². The van der Waals surface area contributed by atoms with E-state index in [1.54, 1.807) is 12.1 Å². The molecule has 23 aliphatic rings. The molecule has 0 saturated carbocycles. The Morgan fingerprint density at radius 3 is 0.710 bits per heavy atom. The lowest BCUT2D eigenvalue weighted by molar-refractivity contribution is -0.410. The molecule has 23 heterocycles. The lowest BCUT2D eigenvalue weighted by Crippen LogP contribution is -2.70. The van der Waals surface area contributed by atoms with Crippen LogP contribution in [0.2, 0.25) is 0 Å². The molecule has 532 valence electrons. The van der Waals surface area contributed by atoms with E-state index in [4.69, 9.17) is 137 Å². The van der Waals surface area contributed by atoms with Crippen LogP contribution in [0.3, 0.4) is 0 Å². The number of hydrogen-bond donors (Lipinski definition) is 1. The summed E-state index contributed by atoms with van der Waals surface area (Å²) in [5.74, 6) is -1.44. The summed E-state index contributed by atoms with van der Waals surface area (Å²) in [6, 6.07) is 6.29. The van der Waals surface area contributed by atoms with Gasteiger partial charge < -0.3 is 138 Å². The Balaban J connectivity index is 1.15. The summed E-state index contributed by atoms with van der Waals surface area (Å²) in [4.78, 5) is 33.8. The Labute approximate surface area is 540 Å². The second-order valence-electron chi connectivity index (χ2n) is 23.0. The molecule has 22 saturated heterocycles. The van der Waals surface area contributed by atoms with Crippen LogP contribution in [0, 0.1) is 0 Å². The van der Waals surface area contributed by atoms with Gasteiger partial charge in [-0.2, -0.15) is 0 Å². The van der Waals surface area contributed by atoms with Crippen molar-refractivity contribution >= 4 is 11.8 Å². The molecule has 0 unspecified atom stereocenters. The molecule has 2 amide bonds. The van der Waals surface area contributed by atoms with Gasteiger partial charge in [0.1, 0.15) is 153 Å². The largest absolute Gasteiger partial charge is 0.394 e. The molecule has 0 spiro atoms. The van der Waals surface area contributed by atoms with Crippen molar-refractivity contribution in [2.24, 2.45) is 0 Å². The molecule has 30 atom stereocenters. The van der Waals surface area contributed by atoms with E-state index in [0.717, 1.165) is 0 Å². The second kappa shape index (κ2) is 34.8. The topological polar surface area (TPSA) is 325 Å². The van der Waals surface area contributed by atoms with Crippen molar-refractivity contribution in [2.45, 2.75) is 184 Å². The Kier molecular flexibility index (Phi) is 27.8. The molecule has 22 fully saturated rings. The number of aliphatic hydroxyl groups is 1. The van der Waals surface area contributed by atoms with Crippen LogP contribution in [0.15, 0.2) is 24.3 Å². The predicted molar refractivity (Wildman–Crippen MR) is 308 cm³/mol. The van der Waals surface area contributed by atoms with Gasteiger partial charge in [0, 0.05) is 114 Å². The first-order chi connectivity index (χ1) is 45.2. The van der Waals surface area contributed by atoms with Crippen molar-refractivity contribution < 1.29 is 152 Å². The minimum absolute atomic E-state index is 0.0462. The minimum Gasteiger partial charge on any atom is -0.394 e. The number of aliphatic hydroxyl groups excluding tert-OH is 1. The van der Waals surface area contributed by atoms with Crippen LogP contribution in [0.5, 0.6) is 0 Å². The van der Waals surface area contributed by atoms with Crippen LogP contribution >= 0.6 is 0 Å². The molecule has 0 aromatic heterocycles. The number of carbonyl (C=O) groups excluding carboxylic acids is 2. The molecule has 1 aromatic carbocycles. The first-order valence-corrected chi connectivity index (χ1v) is 30.6. The predicted octanol–water partition coefficient (Wildman–Crippen LogP) is -1.35. The normalized spacial score (nSPS) is 43.4. The SMILES string of the molecule is COC[C@H]1O[C@@H]2O[C@H]3[C@H](OC)[C@@H](OC)[C@@H](O[C@H]4[C@H](OC)[C@@H](OC)[C@@H](O[C@H]5[C@H](OC)[C@@H](OC)[C@@H](O[C@H]6[C@H](OC)[C@@H](OC)[C@@H](O[C@H]7[C@H](OC)[C@@H](OC)[C@@H](O[C@H]1[C@H](OC)[C@H]2OC)O[C@@H]7COC)O[C@@H]6COC)O[C@@H]5COC)O[C@@H]4CON1C(=O)c2ccccc2C1=O)O[C@@H]3CO. The fourth-order valence-corrected chi connectivity index (χ4v) is 13.8. The van der Waals surface area contributed by atoms with Gasteiger partial charge in [-0.1, -0.05) is 12.1 Å². The van der Waals surface area contributed by atoms with Crippen molar-refractivity contribution in [3.8, 4) is 0 Å². The maximum Gasteiger partial charge on any atom is 0.285 e. The van der Waals surface area contributed by atoms with Gasteiger partial charge in [-0.15, -0.1) is 5.06 Å². The van der Waals surface area contributed by atoms with E-state index in [2.05, 4.69) is 0 Å². The van der Waals surface area contributed by atoms with Gasteiger partial charge in [-0.25, -0.2) is 0 Å². The van der Waals surface area contributed by atoms with Crippen LogP contribution in [0.1, 0.15) is 20.7 Å². The molecule has 24 rings (SSSR count). The van der Waals surface area contributed by atoms with E-state index in [9.17, 15) is 14.7 Å². The number of carbonyl (C=O) groups is 2. The molecule has 0 aliphatic carbocycles. The third-order valence-electron chi connectivity index (χ3n) is 18.2. The zero-order valence-corrected chi connectivity index (χ0v) is 55.4. The first-order valence-electron chi connectivity index (χ1n) is 30.6. The molecule has 1 N–H and O–H groups in total. The number of hydroxylamine groups is 2. The van der Waals surface area contributed by atoms with E-state index >= 15 is 0 Å². The zero-order chi connectivity index (χ0) is 66.8. The van der Waals surface area contributed by atoms with Crippen LogP contribution in [-0.4, -0.2) is 360 Å².